The highest BCUT2D eigenvalue weighted by atomic mass is 16.5. The summed E-state index contributed by atoms with van der Waals surface area (Å²) in [5, 5.41) is 1.08. The van der Waals surface area contributed by atoms with E-state index in [0.29, 0.717) is 0 Å². The van der Waals surface area contributed by atoms with Gasteiger partial charge in [0.2, 0.25) is 5.91 Å². The minimum Gasteiger partial charge on any atom is -0.375 e. The van der Waals surface area contributed by atoms with Crippen LogP contribution in [0, 0.1) is 0 Å². The maximum absolute atomic E-state index is 11.6. The predicted molar refractivity (Wildman–Crippen MR) is 69.2 cm³/mol. The number of hydrogen-bond donors (Lipinski definition) is 2. The van der Waals surface area contributed by atoms with Crippen LogP contribution in [-0.4, -0.2) is 18.0 Å². The van der Waals surface area contributed by atoms with E-state index in [1.54, 1.807) is 7.11 Å². The van der Waals surface area contributed by atoms with Gasteiger partial charge in [0.15, 0.2) is 0 Å². The molecule has 4 heteroatoms. The molecule has 2 aromatic rings. The molecule has 1 aromatic heterocycles. The first-order valence-electron chi connectivity index (χ1n) is 6.15. The lowest BCUT2D eigenvalue weighted by atomic mass is 9.83. The van der Waals surface area contributed by atoms with E-state index in [2.05, 4.69) is 4.98 Å². The fourth-order valence-electron chi connectivity index (χ4n) is 2.94. The number of nitrogens with two attached hydrogens (primary N) is 1. The van der Waals surface area contributed by atoms with Crippen LogP contribution in [0.15, 0.2) is 24.3 Å². The Labute approximate surface area is 105 Å². The molecule has 94 valence electrons. The SMILES string of the molecule is COC1CCC(C(N)=O)c2c1[nH]c1ccccc21. The molecule has 4 nitrogen and oxygen atoms in total. The Morgan fingerprint density at radius 1 is 1.39 bits per heavy atom. The maximum atomic E-state index is 11.6. The number of methoxy groups -OCH3 is 1. The van der Waals surface area contributed by atoms with E-state index in [9.17, 15) is 4.79 Å². The average Bonchev–Trinajstić information content (AvgIpc) is 2.76. The van der Waals surface area contributed by atoms with E-state index >= 15 is 0 Å². The molecule has 1 aliphatic rings. The first-order valence-corrected chi connectivity index (χ1v) is 6.15. The molecule has 0 saturated carbocycles. The Kier molecular flexibility index (Phi) is 2.59. The Balaban J connectivity index is 2.26. The van der Waals surface area contributed by atoms with Crippen LogP contribution in [0.25, 0.3) is 10.9 Å². The molecule has 3 N–H and O–H groups in total. The summed E-state index contributed by atoms with van der Waals surface area (Å²) in [5.41, 5.74) is 8.60. The number of aromatic nitrogens is 1. The van der Waals surface area contributed by atoms with Gasteiger partial charge in [0.05, 0.1) is 12.0 Å². The van der Waals surface area contributed by atoms with Crippen molar-refractivity contribution in [3.8, 4) is 0 Å². The Bertz CT molecular complexity index is 603. The van der Waals surface area contributed by atoms with Crippen molar-refractivity contribution >= 4 is 16.8 Å². The lowest BCUT2D eigenvalue weighted by Crippen LogP contribution is -2.26. The van der Waals surface area contributed by atoms with Gasteiger partial charge >= 0.3 is 0 Å². The molecule has 1 heterocycles. The first-order chi connectivity index (χ1) is 8.72. The third-order valence-corrected chi connectivity index (χ3v) is 3.79. The zero-order valence-electron chi connectivity index (χ0n) is 10.3. The van der Waals surface area contributed by atoms with Gasteiger partial charge in [-0.1, -0.05) is 18.2 Å². The van der Waals surface area contributed by atoms with Gasteiger partial charge in [-0.05, 0) is 24.5 Å². The molecule has 0 fully saturated rings. The smallest absolute Gasteiger partial charge is 0.225 e. The Morgan fingerprint density at radius 3 is 2.89 bits per heavy atom. The van der Waals surface area contributed by atoms with Crippen LogP contribution in [-0.2, 0) is 9.53 Å². The summed E-state index contributed by atoms with van der Waals surface area (Å²) in [6.07, 6.45) is 1.61. The molecule has 0 spiro atoms. The molecule has 1 aliphatic carbocycles. The molecule has 0 saturated heterocycles. The highest BCUT2D eigenvalue weighted by Gasteiger charge is 2.33. The number of primary amides is 1. The van der Waals surface area contributed by atoms with Gasteiger partial charge in [0.1, 0.15) is 0 Å². The van der Waals surface area contributed by atoms with Crippen molar-refractivity contribution in [1.82, 2.24) is 4.98 Å². The van der Waals surface area contributed by atoms with Gasteiger partial charge in [-0.15, -0.1) is 0 Å². The van der Waals surface area contributed by atoms with E-state index in [1.807, 2.05) is 24.3 Å². The summed E-state index contributed by atoms with van der Waals surface area (Å²) in [7, 11) is 1.70. The van der Waals surface area contributed by atoms with E-state index in [0.717, 1.165) is 35.0 Å². The molecule has 1 amide bonds. The fourth-order valence-corrected chi connectivity index (χ4v) is 2.94. The van der Waals surface area contributed by atoms with Gasteiger partial charge < -0.3 is 15.5 Å². The van der Waals surface area contributed by atoms with Crippen molar-refractivity contribution in [3.63, 3.8) is 0 Å². The summed E-state index contributed by atoms with van der Waals surface area (Å²) in [6, 6.07) is 7.99. The van der Waals surface area contributed by atoms with E-state index < -0.39 is 0 Å². The summed E-state index contributed by atoms with van der Waals surface area (Å²) in [4.78, 5) is 15.0. The lowest BCUT2D eigenvalue weighted by molar-refractivity contribution is -0.120. The van der Waals surface area contributed by atoms with E-state index in [-0.39, 0.29) is 17.9 Å². The molecule has 0 aliphatic heterocycles. The number of amides is 1. The van der Waals surface area contributed by atoms with Gasteiger partial charge in [0.25, 0.3) is 0 Å². The third-order valence-electron chi connectivity index (χ3n) is 3.79. The summed E-state index contributed by atoms with van der Waals surface area (Å²) < 4.78 is 5.49. The number of nitrogens with one attached hydrogen (secondary N) is 1. The molecule has 1 aromatic carbocycles. The highest BCUT2D eigenvalue weighted by Crippen LogP contribution is 2.42. The van der Waals surface area contributed by atoms with E-state index in [4.69, 9.17) is 10.5 Å². The van der Waals surface area contributed by atoms with Crippen LogP contribution < -0.4 is 5.73 Å². The van der Waals surface area contributed by atoms with Crippen molar-refractivity contribution in [2.24, 2.45) is 5.73 Å². The summed E-state index contributed by atoms with van der Waals surface area (Å²) in [5.74, 6) is -0.460. The molecule has 3 rings (SSSR count). The van der Waals surface area contributed by atoms with Crippen molar-refractivity contribution in [2.45, 2.75) is 24.9 Å². The van der Waals surface area contributed by atoms with Crippen LogP contribution in [0.5, 0.6) is 0 Å². The third kappa shape index (κ3) is 1.53. The Hall–Kier alpha value is -1.81. The van der Waals surface area contributed by atoms with Crippen molar-refractivity contribution in [2.75, 3.05) is 7.11 Å². The molecular weight excluding hydrogens is 228 g/mol. The molecule has 0 bridgehead atoms. The second-order valence-electron chi connectivity index (χ2n) is 4.75. The number of hydrogen-bond acceptors (Lipinski definition) is 2. The average molecular weight is 244 g/mol. The Morgan fingerprint density at radius 2 is 2.17 bits per heavy atom. The van der Waals surface area contributed by atoms with Gasteiger partial charge in [-0.2, -0.15) is 0 Å². The van der Waals surface area contributed by atoms with Crippen molar-refractivity contribution < 1.29 is 9.53 Å². The van der Waals surface area contributed by atoms with Crippen LogP contribution in [0.1, 0.15) is 36.1 Å². The van der Waals surface area contributed by atoms with Crippen molar-refractivity contribution in [1.29, 1.82) is 0 Å². The first kappa shape index (κ1) is 11.3. The number of ether oxygens (including phenoxy) is 1. The monoisotopic (exact) mass is 244 g/mol. The second kappa shape index (κ2) is 4.14. The number of benzene rings is 1. The van der Waals surface area contributed by atoms with Crippen LogP contribution in [0.3, 0.4) is 0 Å². The second-order valence-corrected chi connectivity index (χ2v) is 4.75. The molecule has 2 atom stereocenters. The molecule has 0 radical (unpaired) electrons. The minimum atomic E-state index is -0.254. The van der Waals surface area contributed by atoms with Gasteiger partial charge in [-0.25, -0.2) is 0 Å². The van der Waals surface area contributed by atoms with Gasteiger partial charge in [0, 0.05) is 23.7 Å². The number of H-pyrrole nitrogens is 1. The van der Waals surface area contributed by atoms with Crippen LogP contribution >= 0.6 is 0 Å². The van der Waals surface area contributed by atoms with Gasteiger partial charge in [-0.3, -0.25) is 4.79 Å². The number of aromatic amines is 1. The number of rotatable bonds is 2. The molecule has 18 heavy (non-hydrogen) atoms. The topological polar surface area (TPSA) is 68.1 Å². The maximum Gasteiger partial charge on any atom is 0.225 e. The highest BCUT2D eigenvalue weighted by molar-refractivity contribution is 5.93. The zero-order valence-corrected chi connectivity index (χ0v) is 10.3. The predicted octanol–water partition coefficient (Wildman–Crippen LogP) is 2.22. The summed E-state index contributed by atoms with van der Waals surface area (Å²) >= 11 is 0. The standard InChI is InChI=1S/C14H16N2O2/c1-18-11-7-6-9(14(15)17)12-8-4-2-3-5-10(8)16-13(11)12/h2-5,9,11,16H,6-7H2,1H3,(H2,15,17). The number of carbonyl (C=O) groups is 1. The minimum absolute atomic E-state index is 0.0306. The fraction of sp³-hybridized carbons (Fsp3) is 0.357. The number of para-hydroxylation sites is 1. The normalized spacial score (nSPS) is 22.9. The summed E-state index contributed by atoms with van der Waals surface area (Å²) in [6.45, 7) is 0. The molecular formula is C14H16N2O2. The zero-order chi connectivity index (χ0) is 12.7. The molecule has 2 unspecified atom stereocenters. The van der Waals surface area contributed by atoms with E-state index in [1.165, 1.54) is 0 Å². The largest absolute Gasteiger partial charge is 0.375 e. The van der Waals surface area contributed by atoms with Crippen LogP contribution in [0.2, 0.25) is 0 Å². The van der Waals surface area contributed by atoms with Crippen molar-refractivity contribution in [3.05, 3.63) is 35.5 Å². The number of fused-ring (bicyclic) bond motifs is 3. The van der Waals surface area contributed by atoms with Crippen LogP contribution in [0.4, 0.5) is 0 Å². The quantitative estimate of drug-likeness (QED) is 0.850. The lowest BCUT2D eigenvalue weighted by Gasteiger charge is -2.26. The number of carbonyl (C=O) groups excluding carboxylic acids is 1.